The van der Waals surface area contributed by atoms with E-state index in [1.807, 2.05) is 13.8 Å². The fraction of sp³-hybridized carbons (Fsp3) is 0.429. The highest BCUT2D eigenvalue weighted by atomic mass is 16.2. The Morgan fingerprint density at radius 1 is 1.35 bits per heavy atom. The lowest BCUT2D eigenvalue weighted by Crippen LogP contribution is -2.31. The summed E-state index contributed by atoms with van der Waals surface area (Å²) in [6.07, 6.45) is 0.222. The van der Waals surface area contributed by atoms with Gasteiger partial charge in [-0.25, -0.2) is 4.68 Å². The summed E-state index contributed by atoms with van der Waals surface area (Å²) < 4.78 is 1.23. The molecule has 1 N–H and O–H groups in total. The van der Waals surface area contributed by atoms with Crippen molar-refractivity contribution in [2.75, 3.05) is 6.54 Å². The Hall–Kier alpha value is -2.24. The summed E-state index contributed by atoms with van der Waals surface area (Å²) in [6, 6.07) is 7.04. The van der Waals surface area contributed by atoms with E-state index in [4.69, 9.17) is 0 Å². The van der Waals surface area contributed by atoms with Crippen LogP contribution in [0.25, 0.3) is 10.9 Å². The minimum atomic E-state index is -0.216. The summed E-state index contributed by atoms with van der Waals surface area (Å²) in [5.74, 6) is 0.322. The number of fused-ring (bicyclic) bond motifs is 1. The Bertz CT molecular complexity index is 664. The maximum absolute atomic E-state index is 12.1. The van der Waals surface area contributed by atoms with E-state index in [9.17, 15) is 9.59 Å². The molecule has 2 rings (SSSR count). The zero-order valence-corrected chi connectivity index (χ0v) is 11.7. The molecule has 2 aromatic rings. The van der Waals surface area contributed by atoms with E-state index >= 15 is 0 Å². The van der Waals surface area contributed by atoms with Crippen LogP contribution in [0.2, 0.25) is 0 Å². The number of rotatable bonds is 5. The molecule has 0 saturated heterocycles. The fourth-order valence-corrected chi connectivity index (χ4v) is 1.78. The van der Waals surface area contributed by atoms with Crippen molar-refractivity contribution < 1.29 is 4.79 Å². The average molecular weight is 274 g/mol. The van der Waals surface area contributed by atoms with Crippen LogP contribution in [0.3, 0.4) is 0 Å². The molecule has 0 aliphatic heterocycles. The smallest absolute Gasteiger partial charge is 0.277 e. The van der Waals surface area contributed by atoms with Gasteiger partial charge in [0, 0.05) is 13.0 Å². The number of nitrogens with one attached hydrogen (secondary N) is 1. The summed E-state index contributed by atoms with van der Waals surface area (Å²) in [5.41, 5.74) is 0.352. The van der Waals surface area contributed by atoms with Crippen molar-refractivity contribution in [3.05, 3.63) is 34.6 Å². The molecule has 1 aromatic carbocycles. The SMILES string of the molecule is CC(C)CNC(=O)CCn1nnc2ccccc2c1=O. The van der Waals surface area contributed by atoms with E-state index in [1.165, 1.54) is 4.68 Å². The zero-order chi connectivity index (χ0) is 14.5. The molecule has 0 saturated carbocycles. The molecule has 0 radical (unpaired) electrons. The first kappa shape index (κ1) is 14.2. The van der Waals surface area contributed by atoms with Gasteiger partial charge in [0.2, 0.25) is 5.91 Å². The predicted octanol–water partition coefficient (Wildman–Crippen LogP) is 0.954. The zero-order valence-electron chi connectivity index (χ0n) is 11.7. The number of amides is 1. The van der Waals surface area contributed by atoms with Crippen LogP contribution in [-0.2, 0) is 11.3 Å². The second-order valence-corrected chi connectivity index (χ2v) is 5.08. The van der Waals surface area contributed by atoms with Crippen LogP contribution < -0.4 is 10.9 Å². The Labute approximate surface area is 116 Å². The molecular formula is C14H18N4O2. The van der Waals surface area contributed by atoms with Crippen LogP contribution in [0, 0.1) is 5.92 Å². The van der Waals surface area contributed by atoms with Crippen LogP contribution in [0.15, 0.2) is 29.1 Å². The van der Waals surface area contributed by atoms with Gasteiger partial charge in [-0.1, -0.05) is 31.2 Å². The Morgan fingerprint density at radius 2 is 2.10 bits per heavy atom. The lowest BCUT2D eigenvalue weighted by molar-refractivity contribution is -0.121. The minimum Gasteiger partial charge on any atom is -0.356 e. The van der Waals surface area contributed by atoms with Gasteiger partial charge in [0.15, 0.2) is 0 Å². The van der Waals surface area contributed by atoms with E-state index in [-0.39, 0.29) is 24.4 Å². The highest BCUT2D eigenvalue weighted by Crippen LogP contribution is 2.03. The quantitative estimate of drug-likeness (QED) is 0.880. The highest BCUT2D eigenvalue weighted by molar-refractivity contribution is 5.77. The molecular weight excluding hydrogens is 256 g/mol. The van der Waals surface area contributed by atoms with Gasteiger partial charge in [-0.3, -0.25) is 9.59 Å². The molecule has 6 nitrogen and oxygen atoms in total. The van der Waals surface area contributed by atoms with E-state index in [2.05, 4.69) is 15.6 Å². The molecule has 1 amide bonds. The van der Waals surface area contributed by atoms with E-state index in [0.29, 0.717) is 23.4 Å². The van der Waals surface area contributed by atoms with Crippen molar-refractivity contribution >= 4 is 16.8 Å². The van der Waals surface area contributed by atoms with Crippen molar-refractivity contribution in [3.8, 4) is 0 Å². The predicted molar refractivity (Wildman–Crippen MR) is 76.3 cm³/mol. The van der Waals surface area contributed by atoms with Gasteiger partial charge in [0.05, 0.1) is 11.9 Å². The van der Waals surface area contributed by atoms with Crippen LogP contribution >= 0.6 is 0 Å². The lowest BCUT2D eigenvalue weighted by atomic mass is 10.2. The maximum atomic E-state index is 12.1. The number of carbonyl (C=O) groups is 1. The molecule has 0 fully saturated rings. The molecule has 106 valence electrons. The Balaban J connectivity index is 2.05. The third kappa shape index (κ3) is 3.40. The first-order valence-corrected chi connectivity index (χ1v) is 6.67. The van der Waals surface area contributed by atoms with Crippen molar-refractivity contribution in [3.63, 3.8) is 0 Å². The normalized spacial score (nSPS) is 10.9. The van der Waals surface area contributed by atoms with Crippen molar-refractivity contribution in [1.82, 2.24) is 20.3 Å². The van der Waals surface area contributed by atoms with E-state index in [1.54, 1.807) is 24.3 Å². The molecule has 0 atom stereocenters. The Kier molecular flexibility index (Phi) is 4.45. The number of benzene rings is 1. The number of carbonyl (C=O) groups excluding carboxylic acids is 1. The van der Waals surface area contributed by atoms with Crippen LogP contribution in [-0.4, -0.2) is 27.4 Å². The second-order valence-electron chi connectivity index (χ2n) is 5.08. The molecule has 0 bridgehead atoms. The van der Waals surface area contributed by atoms with Crippen molar-refractivity contribution in [2.24, 2.45) is 5.92 Å². The first-order chi connectivity index (χ1) is 9.58. The third-order valence-electron chi connectivity index (χ3n) is 2.89. The standard InChI is InChI=1S/C14H18N4O2/c1-10(2)9-15-13(19)7-8-18-14(20)11-5-3-4-6-12(11)16-17-18/h3-6,10H,7-9H2,1-2H3,(H,15,19). The monoisotopic (exact) mass is 274 g/mol. The van der Waals surface area contributed by atoms with Gasteiger partial charge in [-0.2, -0.15) is 0 Å². The van der Waals surface area contributed by atoms with Crippen molar-refractivity contribution in [1.29, 1.82) is 0 Å². The number of hydrogen-bond acceptors (Lipinski definition) is 4. The number of aromatic nitrogens is 3. The topological polar surface area (TPSA) is 76.9 Å². The third-order valence-corrected chi connectivity index (χ3v) is 2.89. The maximum Gasteiger partial charge on any atom is 0.277 e. The largest absolute Gasteiger partial charge is 0.356 e. The second kappa shape index (κ2) is 6.27. The van der Waals surface area contributed by atoms with Gasteiger partial charge in [0.25, 0.3) is 5.56 Å². The van der Waals surface area contributed by atoms with Crippen LogP contribution in [0.4, 0.5) is 0 Å². The summed E-state index contributed by atoms with van der Waals surface area (Å²) >= 11 is 0. The van der Waals surface area contributed by atoms with Crippen LogP contribution in [0.1, 0.15) is 20.3 Å². The minimum absolute atomic E-state index is 0.0828. The molecule has 0 aliphatic rings. The molecule has 0 aliphatic carbocycles. The summed E-state index contributed by atoms with van der Waals surface area (Å²) in [6.45, 7) is 4.93. The molecule has 20 heavy (non-hydrogen) atoms. The average Bonchev–Trinajstić information content (AvgIpc) is 2.44. The van der Waals surface area contributed by atoms with Gasteiger partial charge in [-0.05, 0) is 18.1 Å². The van der Waals surface area contributed by atoms with Gasteiger partial charge in [0.1, 0.15) is 5.52 Å². The highest BCUT2D eigenvalue weighted by Gasteiger charge is 2.07. The lowest BCUT2D eigenvalue weighted by Gasteiger charge is -2.08. The Morgan fingerprint density at radius 3 is 2.85 bits per heavy atom. The summed E-state index contributed by atoms with van der Waals surface area (Å²) in [5, 5.41) is 11.1. The summed E-state index contributed by atoms with van der Waals surface area (Å²) in [4.78, 5) is 23.8. The number of hydrogen-bond donors (Lipinski definition) is 1. The molecule has 0 unspecified atom stereocenters. The molecule has 6 heteroatoms. The van der Waals surface area contributed by atoms with Crippen LogP contribution in [0.5, 0.6) is 0 Å². The van der Waals surface area contributed by atoms with E-state index in [0.717, 1.165) is 0 Å². The van der Waals surface area contributed by atoms with Gasteiger partial charge < -0.3 is 5.32 Å². The van der Waals surface area contributed by atoms with E-state index < -0.39 is 0 Å². The fourth-order valence-electron chi connectivity index (χ4n) is 1.78. The number of nitrogens with zero attached hydrogens (tertiary/aromatic N) is 3. The van der Waals surface area contributed by atoms with Crippen molar-refractivity contribution in [2.45, 2.75) is 26.8 Å². The molecule has 0 spiro atoms. The van der Waals surface area contributed by atoms with Gasteiger partial charge >= 0.3 is 0 Å². The summed E-state index contributed by atoms with van der Waals surface area (Å²) in [7, 11) is 0. The first-order valence-electron chi connectivity index (χ1n) is 6.67. The molecule has 1 aromatic heterocycles. The molecule has 1 heterocycles. The number of aryl methyl sites for hydroxylation is 1. The van der Waals surface area contributed by atoms with Gasteiger partial charge in [-0.15, -0.1) is 5.10 Å².